The van der Waals surface area contributed by atoms with Gasteiger partial charge in [0.2, 0.25) is 0 Å². The molecule has 0 radical (unpaired) electrons. The number of rotatable bonds is 5. The smallest absolute Gasteiger partial charge is 0.407 e. The minimum Gasteiger partial charge on any atom is -0.481 e. The summed E-state index contributed by atoms with van der Waals surface area (Å²) in [5.74, 6) is -1.44. The second kappa shape index (κ2) is 6.38. The fourth-order valence-electron chi connectivity index (χ4n) is 2.24. The molecule has 3 atom stereocenters. The highest BCUT2D eigenvalue weighted by Gasteiger charge is 2.42. The van der Waals surface area contributed by atoms with E-state index >= 15 is 0 Å². The molecule has 0 aromatic heterocycles. The zero-order valence-electron chi connectivity index (χ0n) is 10.9. The van der Waals surface area contributed by atoms with Crippen molar-refractivity contribution in [3.63, 3.8) is 0 Å². The van der Waals surface area contributed by atoms with E-state index in [0.717, 1.165) is 5.56 Å². The molecular formula is C14H17NO5. The second-order valence-corrected chi connectivity index (χ2v) is 4.88. The summed E-state index contributed by atoms with van der Waals surface area (Å²) in [6.45, 7) is 0.158. The van der Waals surface area contributed by atoms with Gasteiger partial charge in [0.15, 0.2) is 0 Å². The van der Waals surface area contributed by atoms with E-state index in [1.54, 1.807) is 0 Å². The molecule has 1 amide bonds. The highest BCUT2D eigenvalue weighted by Crippen LogP contribution is 2.31. The Hall–Kier alpha value is -2.08. The van der Waals surface area contributed by atoms with Crippen LogP contribution in [0.4, 0.5) is 4.79 Å². The lowest BCUT2D eigenvalue weighted by Gasteiger charge is -2.40. The number of benzene rings is 1. The zero-order chi connectivity index (χ0) is 14.5. The Morgan fingerprint density at radius 3 is 2.60 bits per heavy atom. The molecule has 0 aliphatic heterocycles. The molecule has 0 spiro atoms. The first-order valence-electron chi connectivity index (χ1n) is 6.43. The normalized spacial score (nSPS) is 24.6. The Morgan fingerprint density at radius 1 is 1.30 bits per heavy atom. The summed E-state index contributed by atoms with van der Waals surface area (Å²) in [6.07, 6.45) is -1.07. The van der Waals surface area contributed by atoms with Crippen LogP contribution in [0.15, 0.2) is 30.3 Å². The molecule has 0 heterocycles. The largest absolute Gasteiger partial charge is 0.481 e. The van der Waals surface area contributed by atoms with Crippen molar-refractivity contribution >= 4 is 12.1 Å². The summed E-state index contributed by atoms with van der Waals surface area (Å²) in [7, 11) is 0. The average Bonchev–Trinajstić information content (AvgIpc) is 2.43. The van der Waals surface area contributed by atoms with Gasteiger partial charge >= 0.3 is 12.1 Å². The third-order valence-corrected chi connectivity index (χ3v) is 3.43. The molecule has 6 heteroatoms. The van der Waals surface area contributed by atoms with Gasteiger partial charge in [0, 0.05) is 12.0 Å². The van der Waals surface area contributed by atoms with Gasteiger partial charge in [-0.2, -0.15) is 0 Å². The Bertz CT molecular complexity index is 476. The van der Waals surface area contributed by atoms with Gasteiger partial charge in [0.05, 0.1) is 12.5 Å². The van der Waals surface area contributed by atoms with Crippen LogP contribution in [0.2, 0.25) is 0 Å². The first-order chi connectivity index (χ1) is 9.56. The van der Waals surface area contributed by atoms with Gasteiger partial charge in [0.25, 0.3) is 0 Å². The monoisotopic (exact) mass is 279 g/mol. The number of hydrogen-bond acceptors (Lipinski definition) is 4. The van der Waals surface area contributed by atoms with Gasteiger partial charge in [-0.3, -0.25) is 4.79 Å². The minimum absolute atomic E-state index is 0.158. The molecule has 1 fully saturated rings. The molecular weight excluding hydrogens is 262 g/mol. The van der Waals surface area contributed by atoms with Crippen LogP contribution >= 0.6 is 0 Å². The number of amides is 1. The lowest BCUT2D eigenvalue weighted by molar-refractivity contribution is -0.142. The van der Waals surface area contributed by atoms with Crippen LogP contribution in [0, 0.1) is 5.92 Å². The minimum atomic E-state index is -0.988. The molecule has 2 rings (SSSR count). The number of carboxylic acid groups (broad SMARTS) is 1. The van der Waals surface area contributed by atoms with Gasteiger partial charge in [0.1, 0.15) is 6.61 Å². The van der Waals surface area contributed by atoms with Crippen molar-refractivity contribution in [2.45, 2.75) is 31.6 Å². The summed E-state index contributed by atoms with van der Waals surface area (Å²) in [4.78, 5) is 22.2. The molecule has 0 saturated heterocycles. The summed E-state index contributed by atoms with van der Waals surface area (Å²) >= 11 is 0. The number of ether oxygens (including phenoxy) is 1. The summed E-state index contributed by atoms with van der Waals surface area (Å²) in [6, 6.07) is 8.91. The molecule has 108 valence electrons. The Morgan fingerprint density at radius 2 is 2.00 bits per heavy atom. The lowest BCUT2D eigenvalue weighted by Crippen LogP contribution is -2.56. The van der Waals surface area contributed by atoms with Crippen molar-refractivity contribution in [1.82, 2.24) is 5.32 Å². The van der Waals surface area contributed by atoms with E-state index in [1.165, 1.54) is 0 Å². The topological polar surface area (TPSA) is 95.9 Å². The fraction of sp³-hybridized carbons (Fsp3) is 0.429. The van der Waals surface area contributed by atoms with E-state index in [0.29, 0.717) is 6.42 Å². The maximum Gasteiger partial charge on any atom is 0.407 e. The van der Waals surface area contributed by atoms with Crippen LogP contribution < -0.4 is 5.32 Å². The van der Waals surface area contributed by atoms with Crippen molar-refractivity contribution in [3.05, 3.63) is 35.9 Å². The first-order valence-corrected chi connectivity index (χ1v) is 6.43. The van der Waals surface area contributed by atoms with Crippen LogP contribution in [-0.2, 0) is 16.1 Å². The van der Waals surface area contributed by atoms with Crippen molar-refractivity contribution in [2.24, 2.45) is 5.92 Å². The Balaban J connectivity index is 1.76. The van der Waals surface area contributed by atoms with Gasteiger partial charge in [-0.05, 0) is 12.0 Å². The molecule has 1 aromatic rings. The molecule has 1 aromatic carbocycles. The molecule has 0 unspecified atom stereocenters. The summed E-state index contributed by atoms with van der Waals surface area (Å²) in [5, 5.41) is 20.8. The Kier molecular flexibility index (Phi) is 4.57. The number of hydrogen-bond donors (Lipinski definition) is 3. The van der Waals surface area contributed by atoms with Crippen LogP contribution in [0.25, 0.3) is 0 Å². The van der Waals surface area contributed by atoms with Gasteiger partial charge in [-0.1, -0.05) is 30.3 Å². The predicted molar refractivity (Wildman–Crippen MR) is 69.9 cm³/mol. The van der Waals surface area contributed by atoms with E-state index in [2.05, 4.69) is 5.32 Å². The highest BCUT2D eigenvalue weighted by molar-refractivity contribution is 5.69. The highest BCUT2D eigenvalue weighted by atomic mass is 16.5. The lowest BCUT2D eigenvalue weighted by atomic mass is 9.74. The van der Waals surface area contributed by atoms with Crippen molar-refractivity contribution in [3.8, 4) is 0 Å². The Labute approximate surface area is 116 Å². The summed E-state index contributed by atoms with van der Waals surface area (Å²) in [5.41, 5.74) is 0.874. The van der Waals surface area contributed by atoms with E-state index in [-0.39, 0.29) is 19.1 Å². The van der Waals surface area contributed by atoms with E-state index < -0.39 is 24.1 Å². The molecule has 3 N–H and O–H groups in total. The maximum atomic E-state index is 11.6. The molecule has 20 heavy (non-hydrogen) atoms. The zero-order valence-corrected chi connectivity index (χ0v) is 10.9. The van der Waals surface area contributed by atoms with E-state index in [1.807, 2.05) is 30.3 Å². The van der Waals surface area contributed by atoms with Gasteiger partial charge in [-0.25, -0.2) is 4.79 Å². The van der Waals surface area contributed by atoms with Crippen LogP contribution in [-0.4, -0.2) is 34.4 Å². The molecule has 6 nitrogen and oxygen atoms in total. The first kappa shape index (κ1) is 14.3. The number of carbonyl (C=O) groups excluding carboxylic acids is 1. The fourth-order valence-corrected chi connectivity index (χ4v) is 2.24. The SMILES string of the molecule is O=C(O)C[C@H]1[C@H](O)C[C@@H]1NC(=O)OCc1ccccc1. The maximum absolute atomic E-state index is 11.6. The van der Waals surface area contributed by atoms with E-state index in [9.17, 15) is 14.7 Å². The van der Waals surface area contributed by atoms with Crippen LogP contribution in [0.5, 0.6) is 0 Å². The van der Waals surface area contributed by atoms with Gasteiger partial charge < -0.3 is 20.3 Å². The predicted octanol–water partition coefficient (Wildman–Crippen LogP) is 1.14. The van der Waals surface area contributed by atoms with Crippen molar-refractivity contribution < 1.29 is 24.5 Å². The average molecular weight is 279 g/mol. The molecule has 1 saturated carbocycles. The molecule has 1 aliphatic rings. The quantitative estimate of drug-likeness (QED) is 0.751. The number of carbonyl (C=O) groups is 2. The number of aliphatic hydroxyl groups is 1. The third kappa shape index (κ3) is 3.71. The number of carboxylic acids is 1. The van der Waals surface area contributed by atoms with Crippen LogP contribution in [0.1, 0.15) is 18.4 Å². The van der Waals surface area contributed by atoms with Crippen molar-refractivity contribution in [1.29, 1.82) is 0 Å². The standard InChI is InChI=1S/C14H17NO5/c16-12-7-11(10(12)6-13(17)18)15-14(19)20-8-9-4-2-1-3-5-9/h1-5,10-12,16H,6-8H2,(H,15,19)(H,17,18)/t10-,11+,12-/m1/s1. The number of aliphatic carboxylic acids is 1. The second-order valence-electron chi connectivity index (χ2n) is 4.88. The van der Waals surface area contributed by atoms with Crippen molar-refractivity contribution in [2.75, 3.05) is 0 Å². The third-order valence-electron chi connectivity index (χ3n) is 3.43. The van der Waals surface area contributed by atoms with E-state index in [4.69, 9.17) is 9.84 Å². The van der Waals surface area contributed by atoms with Gasteiger partial charge in [-0.15, -0.1) is 0 Å². The van der Waals surface area contributed by atoms with Crippen LogP contribution in [0.3, 0.4) is 0 Å². The summed E-state index contributed by atoms with van der Waals surface area (Å²) < 4.78 is 5.04. The molecule has 1 aliphatic carbocycles. The number of aliphatic hydroxyl groups excluding tert-OH is 1. The number of nitrogens with one attached hydrogen (secondary N) is 1. The molecule has 0 bridgehead atoms. The number of alkyl carbamates (subject to hydrolysis) is 1.